The van der Waals surface area contributed by atoms with Crippen molar-refractivity contribution in [2.24, 2.45) is 5.92 Å². The number of amides is 3. The highest BCUT2D eigenvalue weighted by Gasteiger charge is 2.32. The molecule has 0 aromatic rings. The zero-order valence-electron chi connectivity index (χ0n) is 9.16. The molecule has 1 saturated heterocycles. The van der Waals surface area contributed by atoms with Crippen molar-refractivity contribution in [1.29, 1.82) is 0 Å². The first-order chi connectivity index (χ1) is 7.20. The van der Waals surface area contributed by atoms with E-state index in [1.165, 1.54) is 12.8 Å². The highest BCUT2D eigenvalue weighted by atomic mass is 16.2. The van der Waals surface area contributed by atoms with Gasteiger partial charge in [-0.2, -0.15) is 0 Å². The van der Waals surface area contributed by atoms with Gasteiger partial charge in [-0.3, -0.25) is 10.1 Å². The molecule has 4 nitrogen and oxygen atoms in total. The Hall–Kier alpha value is -1.06. The largest absolute Gasteiger partial charge is 0.324 e. The van der Waals surface area contributed by atoms with Crippen LogP contribution in [-0.2, 0) is 4.79 Å². The molecule has 0 spiro atoms. The molecular formula is C11H18N2O2. The molecule has 84 valence electrons. The van der Waals surface area contributed by atoms with Crippen LogP contribution < -0.4 is 5.32 Å². The molecule has 1 unspecified atom stereocenters. The van der Waals surface area contributed by atoms with Crippen molar-refractivity contribution in [2.75, 3.05) is 6.54 Å². The number of rotatable bonds is 4. The number of imide groups is 1. The lowest BCUT2D eigenvalue weighted by Crippen LogP contribution is -2.53. The number of hydrogen-bond acceptors (Lipinski definition) is 2. The minimum Gasteiger partial charge on any atom is -0.321 e. The van der Waals surface area contributed by atoms with Crippen LogP contribution in [0.3, 0.4) is 0 Å². The minimum atomic E-state index is -0.196. The van der Waals surface area contributed by atoms with Gasteiger partial charge >= 0.3 is 6.03 Å². The minimum absolute atomic E-state index is 0.141. The molecule has 2 rings (SSSR count). The Morgan fingerprint density at radius 2 is 2.20 bits per heavy atom. The van der Waals surface area contributed by atoms with E-state index < -0.39 is 0 Å². The average molecular weight is 210 g/mol. The van der Waals surface area contributed by atoms with E-state index in [0.29, 0.717) is 19.0 Å². The third-order valence-electron chi connectivity index (χ3n) is 3.30. The molecule has 0 radical (unpaired) electrons. The molecule has 1 atom stereocenters. The smallest absolute Gasteiger partial charge is 0.321 e. The zero-order chi connectivity index (χ0) is 10.8. The molecule has 2 aliphatic rings. The Kier molecular flexibility index (Phi) is 2.93. The number of carbonyl (C=O) groups excluding carboxylic acids is 2. The third-order valence-corrected chi connectivity index (χ3v) is 3.30. The monoisotopic (exact) mass is 210 g/mol. The Labute approximate surface area is 90.0 Å². The number of nitrogens with one attached hydrogen (secondary N) is 1. The van der Waals surface area contributed by atoms with Crippen molar-refractivity contribution in [3.05, 3.63) is 0 Å². The van der Waals surface area contributed by atoms with E-state index in [1.54, 1.807) is 0 Å². The number of carbonyl (C=O) groups is 2. The van der Waals surface area contributed by atoms with Crippen LogP contribution in [0.5, 0.6) is 0 Å². The van der Waals surface area contributed by atoms with E-state index in [0.717, 1.165) is 18.8 Å². The topological polar surface area (TPSA) is 49.4 Å². The third kappa shape index (κ3) is 2.49. The van der Waals surface area contributed by atoms with Gasteiger partial charge < -0.3 is 4.90 Å². The summed E-state index contributed by atoms with van der Waals surface area (Å²) in [5.41, 5.74) is 0. The number of hydrogen-bond donors (Lipinski definition) is 1. The first-order valence-corrected chi connectivity index (χ1v) is 5.81. The summed E-state index contributed by atoms with van der Waals surface area (Å²) in [7, 11) is 0. The van der Waals surface area contributed by atoms with Crippen molar-refractivity contribution in [1.82, 2.24) is 10.2 Å². The second kappa shape index (κ2) is 4.21. The maximum atomic E-state index is 11.6. The lowest BCUT2D eigenvalue weighted by molar-refractivity contribution is -0.121. The fourth-order valence-corrected chi connectivity index (χ4v) is 2.18. The molecule has 2 fully saturated rings. The highest BCUT2D eigenvalue weighted by Crippen LogP contribution is 2.35. The van der Waals surface area contributed by atoms with Gasteiger partial charge in [-0.1, -0.05) is 19.8 Å². The maximum absolute atomic E-state index is 11.6. The summed E-state index contributed by atoms with van der Waals surface area (Å²) in [5, 5.41) is 2.39. The van der Waals surface area contributed by atoms with Crippen LogP contribution in [0.4, 0.5) is 4.79 Å². The molecule has 1 saturated carbocycles. The highest BCUT2D eigenvalue weighted by molar-refractivity contribution is 5.96. The van der Waals surface area contributed by atoms with Crippen molar-refractivity contribution in [3.8, 4) is 0 Å². The lowest BCUT2D eigenvalue weighted by Gasteiger charge is -2.33. The average Bonchev–Trinajstić information content (AvgIpc) is 2.99. The molecule has 15 heavy (non-hydrogen) atoms. The standard InChI is InChI=1S/C11H18N2O2/c1-2-9(7-8-3-4-8)13-6-5-10(14)12-11(13)15/h8-9H,2-7H2,1H3,(H,12,14,15). The van der Waals surface area contributed by atoms with Crippen LogP contribution >= 0.6 is 0 Å². The predicted octanol–water partition coefficient (Wildman–Crippen LogP) is 1.51. The Morgan fingerprint density at radius 3 is 2.73 bits per heavy atom. The Bertz CT molecular complexity index is 274. The first kappa shape index (κ1) is 10.5. The van der Waals surface area contributed by atoms with Gasteiger partial charge in [-0.15, -0.1) is 0 Å². The lowest BCUT2D eigenvalue weighted by atomic mass is 10.1. The van der Waals surface area contributed by atoms with Gasteiger partial charge in [0.05, 0.1) is 0 Å². The molecule has 0 aromatic heterocycles. The van der Waals surface area contributed by atoms with E-state index in [9.17, 15) is 9.59 Å². The van der Waals surface area contributed by atoms with Gasteiger partial charge in [0.2, 0.25) is 5.91 Å². The predicted molar refractivity (Wildman–Crippen MR) is 56.3 cm³/mol. The van der Waals surface area contributed by atoms with Gasteiger partial charge in [-0.25, -0.2) is 4.79 Å². The van der Waals surface area contributed by atoms with Crippen LogP contribution in [0.2, 0.25) is 0 Å². The van der Waals surface area contributed by atoms with Gasteiger partial charge in [0.1, 0.15) is 0 Å². The Morgan fingerprint density at radius 1 is 1.47 bits per heavy atom. The van der Waals surface area contributed by atoms with Crippen LogP contribution in [0.15, 0.2) is 0 Å². The van der Waals surface area contributed by atoms with Gasteiger partial charge in [0.25, 0.3) is 0 Å². The summed E-state index contributed by atoms with van der Waals surface area (Å²) in [6, 6.07) is 0.129. The van der Waals surface area contributed by atoms with Crippen molar-refractivity contribution in [2.45, 2.75) is 45.1 Å². The zero-order valence-corrected chi connectivity index (χ0v) is 9.16. The summed E-state index contributed by atoms with van der Waals surface area (Å²) in [6.07, 6.45) is 5.17. The van der Waals surface area contributed by atoms with Gasteiger partial charge in [0, 0.05) is 19.0 Å². The normalized spacial score (nSPS) is 23.9. The van der Waals surface area contributed by atoms with Crippen LogP contribution in [0.25, 0.3) is 0 Å². The second-order valence-electron chi connectivity index (χ2n) is 4.54. The fraction of sp³-hybridized carbons (Fsp3) is 0.818. The summed E-state index contributed by atoms with van der Waals surface area (Å²) >= 11 is 0. The molecular weight excluding hydrogens is 192 g/mol. The van der Waals surface area contributed by atoms with E-state index >= 15 is 0 Å². The van der Waals surface area contributed by atoms with E-state index in [1.807, 2.05) is 4.90 Å². The molecule has 1 heterocycles. The molecule has 3 amide bonds. The maximum Gasteiger partial charge on any atom is 0.324 e. The molecule has 0 bridgehead atoms. The quantitative estimate of drug-likeness (QED) is 0.764. The summed E-state index contributed by atoms with van der Waals surface area (Å²) in [5.74, 6) is 0.679. The molecule has 1 aliphatic heterocycles. The second-order valence-corrected chi connectivity index (χ2v) is 4.54. The van der Waals surface area contributed by atoms with Crippen molar-refractivity contribution >= 4 is 11.9 Å². The number of urea groups is 1. The van der Waals surface area contributed by atoms with Crippen molar-refractivity contribution < 1.29 is 9.59 Å². The molecule has 1 N–H and O–H groups in total. The van der Waals surface area contributed by atoms with Gasteiger partial charge in [-0.05, 0) is 18.8 Å². The summed E-state index contributed by atoms with van der Waals surface area (Å²) in [6.45, 7) is 2.70. The van der Waals surface area contributed by atoms with E-state index in [4.69, 9.17) is 0 Å². The van der Waals surface area contributed by atoms with Crippen molar-refractivity contribution in [3.63, 3.8) is 0 Å². The van der Waals surface area contributed by atoms with Crippen LogP contribution in [-0.4, -0.2) is 29.4 Å². The van der Waals surface area contributed by atoms with E-state index in [-0.39, 0.29) is 11.9 Å². The summed E-state index contributed by atoms with van der Waals surface area (Å²) in [4.78, 5) is 24.4. The molecule has 1 aliphatic carbocycles. The fourth-order valence-electron chi connectivity index (χ4n) is 2.18. The number of nitrogens with zero attached hydrogens (tertiary/aromatic N) is 1. The van der Waals surface area contributed by atoms with E-state index in [2.05, 4.69) is 12.2 Å². The van der Waals surface area contributed by atoms with Crippen LogP contribution in [0, 0.1) is 5.92 Å². The molecule has 4 heteroatoms. The van der Waals surface area contributed by atoms with Gasteiger partial charge in [0.15, 0.2) is 0 Å². The summed E-state index contributed by atoms with van der Waals surface area (Å²) < 4.78 is 0. The Balaban J connectivity index is 1.93. The first-order valence-electron chi connectivity index (χ1n) is 5.81. The SMILES string of the molecule is CCC(CC1CC1)N1CCC(=O)NC1=O. The van der Waals surface area contributed by atoms with Crippen LogP contribution in [0.1, 0.15) is 39.0 Å². The molecule has 0 aromatic carbocycles.